The van der Waals surface area contributed by atoms with E-state index in [2.05, 4.69) is 10.3 Å². The van der Waals surface area contributed by atoms with Gasteiger partial charge in [0.2, 0.25) is 11.8 Å². The van der Waals surface area contributed by atoms with Crippen molar-refractivity contribution in [2.24, 2.45) is 0 Å². The molecule has 0 saturated carbocycles. The monoisotopic (exact) mass is 441 g/mol. The van der Waals surface area contributed by atoms with Crippen LogP contribution in [0.2, 0.25) is 5.02 Å². The summed E-state index contributed by atoms with van der Waals surface area (Å²) in [5, 5.41) is 3.02. The first-order valence-corrected chi connectivity index (χ1v) is 10.8. The van der Waals surface area contributed by atoms with E-state index in [0.29, 0.717) is 24.5 Å². The molecule has 0 aliphatic carbocycles. The molecule has 0 bridgehead atoms. The first kappa shape index (κ1) is 21.6. The number of anilines is 2. The molecule has 2 aromatic rings. The number of nitrogens with one attached hydrogen (secondary N) is 1. The number of amides is 1. The Morgan fingerprint density at radius 1 is 1.31 bits per heavy atom. The molecule has 0 spiro atoms. The fourth-order valence-corrected chi connectivity index (χ4v) is 3.88. The Labute approximate surface area is 177 Å². The summed E-state index contributed by atoms with van der Waals surface area (Å²) >= 11 is 7.76. The first-order chi connectivity index (χ1) is 13.8. The van der Waals surface area contributed by atoms with E-state index in [9.17, 15) is 13.6 Å². The highest BCUT2D eigenvalue weighted by molar-refractivity contribution is 7.98. The van der Waals surface area contributed by atoms with Crippen molar-refractivity contribution in [1.29, 1.82) is 0 Å². The van der Waals surface area contributed by atoms with E-state index in [1.165, 1.54) is 13.2 Å². The summed E-state index contributed by atoms with van der Waals surface area (Å²) in [5.74, 6) is -2.68. The Kier molecular flexibility index (Phi) is 6.85. The molecular weight excluding hydrogens is 420 g/mol. The molecule has 1 saturated heterocycles. The van der Waals surface area contributed by atoms with Gasteiger partial charge in [0.1, 0.15) is 10.8 Å². The fourth-order valence-electron chi connectivity index (χ4n) is 3.19. The lowest BCUT2D eigenvalue weighted by molar-refractivity contribution is -0.0102. The normalized spacial score (nSPS) is 16.2. The van der Waals surface area contributed by atoms with Crippen LogP contribution in [0.5, 0.6) is 5.88 Å². The lowest BCUT2D eigenvalue weighted by atomic mass is 10.1. The molecule has 1 fully saturated rings. The van der Waals surface area contributed by atoms with Gasteiger partial charge in [-0.2, -0.15) is 4.98 Å². The van der Waals surface area contributed by atoms with Gasteiger partial charge in [-0.25, -0.2) is 8.78 Å². The van der Waals surface area contributed by atoms with Gasteiger partial charge in [-0.05, 0) is 36.9 Å². The van der Waals surface area contributed by atoms with Gasteiger partial charge in [0.25, 0.3) is 5.91 Å². The predicted molar refractivity (Wildman–Crippen MR) is 113 cm³/mol. The number of benzene rings is 1. The van der Waals surface area contributed by atoms with Gasteiger partial charge >= 0.3 is 0 Å². The molecule has 2 heterocycles. The third-order valence-electron chi connectivity index (χ3n) is 4.71. The molecule has 5 nitrogen and oxygen atoms in total. The molecular formula is C20H22ClF2N3O2S. The maximum atomic E-state index is 13.8. The third-order valence-corrected chi connectivity index (χ3v) is 5.70. The third kappa shape index (κ3) is 5.30. The molecule has 9 heteroatoms. The van der Waals surface area contributed by atoms with Crippen molar-refractivity contribution in [3.05, 3.63) is 40.9 Å². The van der Waals surface area contributed by atoms with Crippen molar-refractivity contribution in [2.75, 3.05) is 36.7 Å². The molecule has 156 valence electrons. The van der Waals surface area contributed by atoms with Crippen LogP contribution in [-0.2, 0) is 0 Å². The molecule has 1 aliphatic rings. The average molecular weight is 442 g/mol. The number of pyridine rings is 1. The highest BCUT2D eigenvalue weighted by atomic mass is 35.5. The molecule has 3 rings (SSSR count). The van der Waals surface area contributed by atoms with Crippen molar-refractivity contribution in [3.63, 3.8) is 0 Å². The van der Waals surface area contributed by atoms with Crippen LogP contribution < -0.4 is 15.0 Å². The minimum absolute atomic E-state index is 0.0903. The highest BCUT2D eigenvalue weighted by Crippen LogP contribution is 2.34. The highest BCUT2D eigenvalue weighted by Gasteiger charge is 2.33. The minimum Gasteiger partial charge on any atom is -0.480 e. The molecule has 0 radical (unpaired) electrons. The topological polar surface area (TPSA) is 54.5 Å². The summed E-state index contributed by atoms with van der Waals surface area (Å²) < 4.78 is 32.8. The minimum atomic E-state index is -2.72. The quantitative estimate of drug-likeness (QED) is 0.634. The van der Waals surface area contributed by atoms with E-state index in [-0.39, 0.29) is 35.9 Å². The zero-order chi connectivity index (χ0) is 21.0. The van der Waals surface area contributed by atoms with E-state index < -0.39 is 11.8 Å². The van der Waals surface area contributed by atoms with Gasteiger partial charge in [0, 0.05) is 36.5 Å². The maximum absolute atomic E-state index is 13.8. The SMILES string of the molecule is COc1nc(N2CCCC(F)(F)CC2)c(C(=O)Nc2cccc(SC)c2)cc1Cl. The van der Waals surface area contributed by atoms with Crippen LogP contribution in [0.15, 0.2) is 35.2 Å². The van der Waals surface area contributed by atoms with Gasteiger partial charge in [0.05, 0.1) is 12.7 Å². The Balaban J connectivity index is 1.94. The lowest BCUT2D eigenvalue weighted by Gasteiger charge is -2.24. The van der Waals surface area contributed by atoms with E-state index >= 15 is 0 Å². The summed E-state index contributed by atoms with van der Waals surface area (Å²) in [6.07, 6.45) is 1.77. The number of alkyl halides is 2. The number of ether oxygens (including phenoxy) is 1. The second-order valence-corrected chi connectivity index (χ2v) is 8.02. The molecule has 1 amide bonds. The van der Waals surface area contributed by atoms with E-state index in [1.807, 2.05) is 24.5 Å². The Hall–Kier alpha value is -2.06. The Morgan fingerprint density at radius 3 is 2.83 bits per heavy atom. The van der Waals surface area contributed by atoms with Crippen molar-refractivity contribution in [1.82, 2.24) is 4.98 Å². The van der Waals surface area contributed by atoms with Gasteiger partial charge in [-0.3, -0.25) is 4.79 Å². The van der Waals surface area contributed by atoms with Gasteiger partial charge in [0.15, 0.2) is 0 Å². The zero-order valence-electron chi connectivity index (χ0n) is 16.2. The van der Waals surface area contributed by atoms with Crippen LogP contribution >= 0.6 is 23.4 Å². The predicted octanol–water partition coefficient (Wildman–Crippen LogP) is 5.34. The van der Waals surface area contributed by atoms with Crippen LogP contribution in [0.4, 0.5) is 20.3 Å². The van der Waals surface area contributed by atoms with Crippen LogP contribution in [0, 0.1) is 0 Å². The molecule has 0 atom stereocenters. The number of aromatic nitrogens is 1. The van der Waals surface area contributed by atoms with Gasteiger partial charge < -0.3 is 15.0 Å². The van der Waals surface area contributed by atoms with Gasteiger partial charge in [-0.1, -0.05) is 17.7 Å². The number of carbonyl (C=O) groups is 1. The number of rotatable bonds is 5. The smallest absolute Gasteiger partial charge is 0.259 e. The standard InChI is InChI=1S/C20H22ClF2N3O2S/c1-28-19-16(21)12-15(18(27)24-13-5-3-6-14(11-13)29-2)17(25-19)26-9-4-7-20(22,23)8-10-26/h3,5-6,11-12H,4,7-10H2,1-2H3,(H,24,27). The van der Waals surface area contributed by atoms with Crippen LogP contribution in [-0.4, -0.2) is 43.3 Å². The zero-order valence-corrected chi connectivity index (χ0v) is 17.7. The summed E-state index contributed by atoms with van der Waals surface area (Å²) in [5.41, 5.74) is 0.845. The molecule has 29 heavy (non-hydrogen) atoms. The maximum Gasteiger partial charge on any atom is 0.259 e. The second-order valence-electron chi connectivity index (χ2n) is 6.73. The summed E-state index contributed by atoms with van der Waals surface area (Å²) in [7, 11) is 1.42. The van der Waals surface area contributed by atoms with Crippen molar-refractivity contribution in [2.45, 2.75) is 30.1 Å². The lowest BCUT2D eigenvalue weighted by Crippen LogP contribution is -2.29. The summed E-state index contributed by atoms with van der Waals surface area (Å²) in [6, 6.07) is 8.89. The number of nitrogens with zero attached hydrogens (tertiary/aromatic N) is 2. The van der Waals surface area contributed by atoms with E-state index in [4.69, 9.17) is 16.3 Å². The number of thioether (sulfide) groups is 1. The van der Waals surface area contributed by atoms with Crippen molar-refractivity contribution in [3.8, 4) is 5.88 Å². The van der Waals surface area contributed by atoms with E-state index in [0.717, 1.165) is 4.90 Å². The van der Waals surface area contributed by atoms with E-state index in [1.54, 1.807) is 22.7 Å². The largest absolute Gasteiger partial charge is 0.480 e. The summed E-state index contributed by atoms with van der Waals surface area (Å²) in [6.45, 7) is 0.461. The van der Waals surface area contributed by atoms with Gasteiger partial charge in [-0.15, -0.1) is 11.8 Å². The fraction of sp³-hybridized carbons (Fsp3) is 0.400. The number of hydrogen-bond donors (Lipinski definition) is 1. The summed E-state index contributed by atoms with van der Waals surface area (Å²) in [4.78, 5) is 20.1. The average Bonchev–Trinajstić information content (AvgIpc) is 2.88. The molecule has 1 N–H and O–H groups in total. The Bertz CT molecular complexity index is 898. The van der Waals surface area contributed by atoms with Crippen LogP contribution in [0.3, 0.4) is 0 Å². The molecule has 1 aromatic carbocycles. The van der Waals surface area contributed by atoms with Crippen molar-refractivity contribution < 1.29 is 18.3 Å². The van der Waals surface area contributed by atoms with Crippen LogP contribution in [0.25, 0.3) is 0 Å². The number of halogens is 3. The molecule has 1 aromatic heterocycles. The van der Waals surface area contributed by atoms with Crippen molar-refractivity contribution >= 4 is 40.8 Å². The first-order valence-electron chi connectivity index (χ1n) is 9.15. The molecule has 1 aliphatic heterocycles. The number of methoxy groups -OCH3 is 1. The molecule has 0 unspecified atom stereocenters. The Morgan fingerprint density at radius 2 is 2.10 bits per heavy atom. The number of carbonyl (C=O) groups excluding carboxylic acids is 1. The van der Waals surface area contributed by atoms with Crippen LogP contribution in [0.1, 0.15) is 29.6 Å². The second kappa shape index (κ2) is 9.17. The number of hydrogen-bond acceptors (Lipinski definition) is 5.